The van der Waals surface area contributed by atoms with Crippen molar-refractivity contribution in [1.82, 2.24) is 5.32 Å². The molecule has 0 spiro atoms. The predicted molar refractivity (Wildman–Crippen MR) is 137 cm³/mol. The molecule has 0 aliphatic heterocycles. The van der Waals surface area contributed by atoms with Crippen molar-refractivity contribution in [3.05, 3.63) is 35.9 Å². The third kappa shape index (κ3) is 4.30. The van der Waals surface area contributed by atoms with Crippen LogP contribution in [0.4, 0.5) is 0 Å². The average Bonchev–Trinajstić information content (AvgIpc) is 3.19. The van der Waals surface area contributed by atoms with E-state index in [1.807, 2.05) is 18.2 Å². The van der Waals surface area contributed by atoms with Crippen molar-refractivity contribution in [2.24, 2.45) is 46.3 Å². The Labute approximate surface area is 202 Å². The van der Waals surface area contributed by atoms with E-state index in [0.717, 1.165) is 36.0 Å². The molecule has 4 saturated carbocycles. The summed E-state index contributed by atoms with van der Waals surface area (Å²) < 4.78 is 0. The summed E-state index contributed by atoms with van der Waals surface area (Å²) in [4.78, 5) is 12.5. The number of amides is 1. The number of fused-ring (bicyclic) bond motifs is 5. The van der Waals surface area contributed by atoms with E-state index in [2.05, 4.69) is 38.2 Å². The molecule has 0 heterocycles. The maximum Gasteiger partial charge on any atom is 0.220 e. The molecule has 1 unspecified atom stereocenters. The molecule has 4 aliphatic rings. The Morgan fingerprint density at radius 3 is 2.55 bits per heavy atom. The normalized spacial score (nSPS) is 40.9. The number of carbonyl (C=O) groups is 1. The van der Waals surface area contributed by atoms with Crippen molar-refractivity contribution in [3.63, 3.8) is 0 Å². The molecule has 1 N–H and O–H groups in total. The zero-order chi connectivity index (χ0) is 23.1. The molecule has 1 aromatic rings. The lowest BCUT2D eigenvalue weighted by Gasteiger charge is -2.61. The highest BCUT2D eigenvalue weighted by Gasteiger charge is 2.60. The topological polar surface area (TPSA) is 29.1 Å². The number of hydrogen-bond acceptors (Lipinski definition) is 1. The fraction of sp³-hybridized carbons (Fsp3) is 0.774. The minimum Gasteiger partial charge on any atom is -0.352 e. The van der Waals surface area contributed by atoms with Crippen LogP contribution in [0.3, 0.4) is 0 Å². The third-order valence-corrected chi connectivity index (χ3v) is 11.5. The number of nitrogens with one attached hydrogen (secondary N) is 1. The van der Waals surface area contributed by atoms with Gasteiger partial charge in [0.1, 0.15) is 0 Å². The van der Waals surface area contributed by atoms with E-state index >= 15 is 0 Å². The van der Waals surface area contributed by atoms with Crippen molar-refractivity contribution in [3.8, 4) is 0 Å². The third-order valence-electron chi connectivity index (χ3n) is 11.5. The second-order valence-electron chi connectivity index (χ2n) is 12.9. The monoisotopic (exact) mass is 449 g/mol. The quantitative estimate of drug-likeness (QED) is 0.472. The summed E-state index contributed by atoms with van der Waals surface area (Å²) in [6.45, 7) is 8.46. The molecule has 2 heteroatoms. The van der Waals surface area contributed by atoms with Crippen LogP contribution in [0.25, 0.3) is 0 Å². The Morgan fingerprint density at radius 2 is 1.73 bits per heavy atom. The van der Waals surface area contributed by atoms with Gasteiger partial charge in [0.05, 0.1) is 0 Å². The number of hydrogen-bond donors (Lipinski definition) is 1. The lowest BCUT2D eigenvalue weighted by atomic mass is 9.44. The number of carbonyl (C=O) groups excluding carboxylic acids is 1. The van der Waals surface area contributed by atoms with Gasteiger partial charge in [-0.15, -0.1) is 0 Å². The summed E-state index contributed by atoms with van der Waals surface area (Å²) in [7, 11) is 0. The van der Waals surface area contributed by atoms with Gasteiger partial charge in [0.15, 0.2) is 0 Å². The largest absolute Gasteiger partial charge is 0.352 e. The van der Waals surface area contributed by atoms with Gasteiger partial charge in [0.25, 0.3) is 0 Å². The van der Waals surface area contributed by atoms with E-state index in [-0.39, 0.29) is 5.91 Å². The lowest BCUT2D eigenvalue weighted by Crippen LogP contribution is -2.53. The van der Waals surface area contributed by atoms with Crippen molar-refractivity contribution in [1.29, 1.82) is 0 Å². The molecule has 2 nitrogen and oxygen atoms in total. The molecule has 0 aromatic heterocycles. The minimum atomic E-state index is 0.220. The molecule has 0 bridgehead atoms. The molecule has 5 rings (SSSR count). The van der Waals surface area contributed by atoms with E-state index in [1.54, 1.807) is 0 Å². The lowest BCUT2D eigenvalue weighted by molar-refractivity contribution is -0.122. The molecular formula is C31H47NO. The van der Waals surface area contributed by atoms with Gasteiger partial charge in [-0.1, -0.05) is 63.9 Å². The summed E-state index contributed by atoms with van der Waals surface area (Å²) in [5.41, 5.74) is 2.34. The first kappa shape index (κ1) is 23.4. The van der Waals surface area contributed by atoms with Gasteiger partial charge in [-0.25, -0.2) is 0 Å². The van der Waals surface area contributed by atoms with Gasteiger partial charge in [-0.2, -0.15) is 0 Å². The highest BCUT2D eigenvalue weighted by Crippen LogP contribution is 2.68. The molecular weight excluding hydrogens is 402 g/mol. The average molecular weight is 450 g/mol. The first-order chi connectivity index (χ1) is 15.9. The van der Waals surface area contributed by atoms with E-state index in [9.17, 15) is 4.79 Å². The molecule has 0 radical (unpaired) electrons. The van der Waals surface area contributed by atoms with Crippen molar-refractivity contribution in [2.45, 2.75) is 104 Å². The zero-order valence-electron chi connectivity index (χ0n) is 21.5. The summed E-state index contributed by atoms with van der Waals surface area (Å²) >= 11 is 0. The summed E-state index contributed by atoms with van der Waals surface area (Å²) in [6, 6.07) is 10.3. The van der Waals surface area contributed by atoms with Crippen molar-refractivity contribution < 1.29 is 4.79 Å². The van der Waals surface area contributed by atoms with Crippen LogP contribution in [0, 0.1) is 46.3 Å². The van der Waals surface area contributed by atoms with Crippen LogP contribution < -0.4 is 5.32 Å². The Kier molecular flexibility index (Phi) is 6.66. The van der Waals surface area contributed by atoms with Crippen LogP contribution in [0.5, 0.6) is 0 Å². The van der Waals surface area contributed by atoms with Gasteiger partial charge in [0.2, 0.25) is 5.91 Å². The minimum absolute atomic E-state index is 0.220. The van der Waals surface area contributed by atoms with Crippen LogP contribution in [-0.4, -0.2) is 5.91 Å². The second kappa shape index (κ2) is 9.38. The maximum absolute atomic E-state index is 12.5. The van der Waals surface area contributed by atoms with Gasteiger partial charge in [-0.3, -0.25) is 4.79 Å². The van der Waals surface area contributed by atoms with Crippen LogP contribution in [-0.2, 0) is 11.3 Å². The second-order valence-corrected chi connectivity index (χ2v) is 12.9. The zero-order valence-corrected chi connectivity index (χ0v) is 21.5. The molecule has 1 aromatic carbocycles. The van der Waals surface area contributed by atoms with E-state index in [0.29, 0.717) is 29.7 Å². The van der Waals surface area contributed by atoms with Crippen molar-refractivity contribution >= 4 is 5.91 Å². The molecule has 0 saturated heterocycles. The summed E-state index contributed by atoms with van der Waals surface area (Å²) in [5, 5.41) is 3.14. The first-order valence-electron chi connectivity index (χ1n) is 14.2. The van der Waals surface area contributed by atoms with Gasteiger partial charge in [0, 0.05) is 13.0 Å². The van der Waals surface area contributed by atoms with Crippen LogP contribution in [0.2, 0.25) is 0 Å². The number of rotatable bonds is 6. The highest BCUT2D eigenvalue weighted by atomic mass is 16.1. The fourth-order valence-electron chi connectivity index (χ4n) is 9.72. The Hall–Kier alpha value is -1.31. The van der Waals surface area contributed by atoms with E-state index in [1.165, 1.54) is 69.8 Å². The fourth-order valence-corrected chi connectivity index (χ4v) is 9.72. The molecule has 182 valence electrons. The van der Waals surface area contributed by atoms with Crippen LogP contribution in [0.1, 0.15) is 103 Å². The van der Waals surface area contributed by atoms with Crippen LogP contribution in [0.15, 0.2) is 30.3 Å². The molecule has 4 aliphatic carbocycles. The Balaban J connectivity index is 1.18. The smallest absolute Gasteiger partial charge is 0.220 e. The summed E-state index contributed by atoms with van der Waals surface area (Å²) in [6.07, 6.45) is 16.5. The molecule has 33 heavy (non-hydrogen) atoms. The van der Waals surface area contributed by atoms with E-state index < -0.39 is 0 Å². The first-order valence-corrected chi connectivity index (χ1v) is 14.2. The van der Waals surface area contributed by atoms with Crippen LogP contribution >= 0.6 is 0 Å². The SMILES string of the molecule is C[C@H](CCC(=O)NCc1ccccc1)[C@H]1CC[C@H]2[C@@H]3CCC4CCCC[C@]4(C)[C@H]3CC[C@]12C. The van der Waals surface area contributed by atoms with E-state index in [4.69, 9.17) is 0 Å². The summed E-state index contributed by atoms with van der Waals surface area (Å²) in [5.74, 6) is 5.61. The predicted octanol–water partition coefficient (Wildman–Crippen LogP) is 7.77. The van der Waals surface area contributed by atoms with Gasteiger partial charge >= 0.3 is 0 Å². The Morgan fingerprint density at radius 1 is 0.939 bits per heavy atom. The van der Waals surface area contributed by atoms with Gasteiger partial charge in [-0.05, 0) is 110 Å². The van der Waals surface area contributed by atoms with Gasteiger partial charge < -0.3 is 5.32 Å². The standard InChI is InChI=1S/C31H47NO/c1-22(12-17-29(33)32-21-23-9-5-4-6-10-23)26-15-16-27-25-14-13-24-11-7-8-19-30(24,2)28(25)18-20-31(26,27)3/h4-6,9-10,22,24-28H,7-8,11-21H2,1-3H3,(H,32,33)/t22-,24?,25+,26-,27+,28+,30+,31-/m1/s1. The highest BCUT2D eigenvalue weighted by molar-refractivity contribution is 5.75. The van der Waals surface area contributed by atoms with Crippen molar-refractivity contribution in [2.75, 3.05) is 0 Å². The molecule has 8 atom stereocenters. The molecule has 4 fully saturated rings. The Bertz CT molecular complexity index is 819. The molecule has 1 amide bonds. The maximum atomic E-state index is 12.5. The number of benzene rings is 1.